The standard InChI is InChI=1S/C21H28N4O2/c1-16-7-5-8-17(11-16)13-23-21(22-2)24-14-18-9-6-10-19(12-18)27-15-20(26)25(3)4/h5-12H,13-15H2,1-4H3,(H2,22,23,24). The molecule has 0 aromatic heterocycles. The maximum absolute atomic E-state index is 11.6. The summed E-state index contributed by atoms with van der Waals surface area (Å²) in [6.07, 6.45) is 0. The smallest absolute Gasteiger partial charge is 0.259 e. The summed E-state index contributed by atoms with van der Waals surface area (Å²) in [5.41, 5.74) is 3.49. The van der Waals surface area contributed by atoms with E-state index in [-0.39, 0.29) is 12.5 Å². The van der Waals surface area contributed by atoms with Crippen LogP contribution < -0.4 is 15.4 Å². The lowest BCUT2D eigenvalue weighted by Gasteiger charge is -2.14. The summed E-state index contributed by atoms with van der Waals surface area (Å²) in [5, 5.41) is 6.60. The molecular weight excluding hydrogens is 340 g/mol. The molecule has 0 bridgehead atoms. The quantitative estimate of drug-likeness (QED) is 0.581. The summed E-state index contributed by atoms with van der Waals surface area (Å²) in [7, 11) is 5.17. The van der Waals surface area contributed by atoms with E-state index < -0.39 is 0 Å². The number of aryl methyl sites for hydroxylation is 1. The molecule has 0 fully saturated rings. The first-order valence-corrected chi connectivity index (χ1v) is 8.90. The monoisotopic (exact) mass is 368 g/mol. The maximum Gasteiger partial charge on any atom is 0.259 e. The highest BCUT2D eigenvalue weighted by Gasteiger charge is 2.06. The summed E-state index contributed by atoms with van der Waals surface area (Å²) in [5.74, 6) is 1.33. The van der Waals surface area contributed by atoms with E-state index in [9.17, 15) is 4.79 Å². The van der Waals surface area contributed by atoms with Crippen molar-refractivity contribution in [1.29, 1.82) is 0 Å². The minimum atomic E-state index is -0.0701. The number of guanidine groups is 1. The molecule has 0 saturated heterocycles. The molecule has 2 aromatic rings. The Hall–Kier alpha value is -3.02. The topological polar surface area (TPSA) is 66.0 Å². The maximum atomic E-state index is 11.6. The van der Waals surface area contributed by atoms with E-state index in [0.29, 0.717) is 18.8 Å². The Balaban J connectivity index is 1.85. The number of ether oxygens (including phenoxy) is 1. The Labute approximate surface area is 161 Å². The zero-order valence-corrected chi connectivity index (χ0v) is 16.5. The van der Waals surface area contributed by atoms with Crippen LogP contribution in [-0.2, 0) is 17.9 Å². The predicted octanol–water partition coefficient (Wildman–Crippen LogP) is 2.33. The van der Waals surface area contributed by atoms with Gasteiger partial charge < -0.3 is 20.3 Å². The number of amides is 1. The van der Waals surface area contributed by atoms with Crippen molar-refractivity contribution in [3.05, 3.63) is 65.2 Å². The Bertz CT molecular complexity index is 787. The molecule has 144 valence electrons. The molecule has 6 nitrogen and oxygen atoms in total. The molecule has 6 heteroatoms. The lowest BCUT2D eigenvalue weighted by molar-refractivity contribution is -0.130. The van der Waals surface area contributed by atoms with Crippen molar-refractivity contribution in [2.45, 2.75) is 20.0 Å². The van der Waals surface area contributed by atoms with Crippen LogP contribution in [0.5, 0.6) is 5.75 Å². The summed E-state index contributed by atoms with van der Waals surface area (Å²) in [6, 6.07) is 16.0. The van der Waals surface area contributed by atoms with Crippen molar-refractivity contribution in [2.75, 3.05) is 27.7 Å². The molecule has 2 aromatic carbocycles. The van der Waals surface area contributed by atoms with Crippen molar-refractivity contribution < 1.29 is 9.53 Å². The van der Waals surface area contributed by atoms with Crippen LogP contribution in [0.3, 0.4) is 0 Å². The van der Waals surface area contributed by atoms with Crippen LogP contribution >= 0.6 is 0 Å². The number of carbonyl (C=O) groups is 1. The average Bonchev–Trinajstić information content (AvgIpc) is 2.66. The van der Waals surface area contributed by atoms with Crippen molar-refractivity contribution in [1.82, 2.24) is 15.5 Å². The molecule has 0 heterocycles. The van der Waals surface area contributed by atoms with E-state index in [1.807, 2.05) is 24.3 Å². The molecule has 0 atom stereocenters. The third kappa shape index (κ3) is 7.01. The third-order valence-electron chi connectivity index (χ3n) is 3.99. The van der Waals surface area contributed by atoms with Gasteiger partial charge >= 0.3 is 0 Å². The van der Waals surface area contributed by atoms with Crippen LogP contribution in [0.25, 0.3) is 0 Å². The van der Waals surface area contributed by atoms with Crippen LogP contribution in [-0.4, -0.2) is 44.5 Å². The Morgan fingerprint density at radius 1 is 1.04 bits per heavy atom. The molecule has 0 saturated carbocycles. The summed E-state index contributed by atoms with van der Waals surface area (Å²) < 4.78 is 5.55. The number of nitrogens with zero attached hydrogens (tertiary/aromatic N) is 2. The summed E-state index contributed by atoms with van der Waals surface area (Å²) in [4.78, 5) is 17.4. The molecule has 27 heavy (non-hydrogen) atoms. The Morgan fingerprint density at radius 3 is 2.26 bits per heavy atom. The third-order valence-corrected chi connectivity index (χ3v) is 3.99. The SMILES string of the molecule is CN=C(NCc1cccc(C)c1)NCc1cccc(OCC(=O)N(C)C)c1. The number of aliphatic imine (C=N–C) groups is 1. The molecule has 0 aliphatic heterocycles. The largest absolute Gasteiger partial charge is 0.484 e. The molecule has 0 radical (unpaired) electrons. The van der Waals surface area contributed by atoms with E-state index >= 15 is 0 Å². The van der Waals surface area contributed by atoms with Gasteiger partial charge in [-0.25, -0.2) is 0 Å². The van der Waals surface area contributed by atoms with Crippen molar-refractivity contribution in [3.8, 4) is 5.75 Å². The minimum Gasteiger partial charge on any atom is -0.484 e. The number of nitrogens with one attached hydrogen (secondary N) is 2. The Kier molecular flexibility index (Phi) is 7.67. The lowest BCUT2D eigenvalue weighted by atomic mass is 10.1. The van der Waals surface area contributed by atoms with Crippen molar-refractivity contribution in [3.63, 3.8) is 0 Å². The second-order valence-corrected chi connectivity index (χ2v) is 6.49. The molecule has 0 aliphatic rings. The first kappa shape index (κ1) is 20.3. The fraction of sp³-hybridized carbons (Fsp3) is 0.333. The van der Waals surface area contributed by atoms with Gasteiger partial charge in [0.25, 0.3) is 5.91 Å². The van der Waals surface area contributed by atoms with Gasteiger partial charge in [0.05, 0.1) is 0 Å². The highest BCUT2D eigenvalue weighted by atomic mass is 16.5. The van der Waals surface area contributed by atoms with Gasteiger partial charge in [0.15, 0.2) is 12.6 Å². The molecule has 2 N–H and O–H groups in total. The molecule has 0 aliphatic carbocycles. The van der Waals surface area contributed by atoms with Gasteiger partial charge in [-0.3, -0.25) is 9.79 Å². The summed E-state index contributed by atoms with van der Waals surface area (Å²) in [6.45, 7) is 3.42. The fourth-order valence-corrected chi connectivity index (χ4v) is 2.43. The zero-order chi connectivity index (χ0) is 19.6. The van der Waals surface area contributed by atoms with E-state index in [0.717, 1.165) is 11.5 Å². The van der Waals surface area contributed by atoms with Crippen LogP contribution in [0.15, 0.2) is 53.5 Å². The summed E-state index contributed by atoms with van der Waals surface area (Å²) >= 11 is 0. The number of benzene rings is 2. The van der Waals surface area contributed by atoms with E-state index in [1.165, 1.54) is 16.0 Å². The highest BCUT2D eigenvalue weighted by molar-refractivity contribution is 5.79. The highest BCUT2D eigenvalue weighted by Crippen LogP contribution is 2.13. The second kappa shape index (κ2) is 10.2. The number of rotatable bonds is 7. The first-order valence-electron chi connectivity index (χ1n) is 8.90. The first-order chi connectivity index (χ1) is 13.0. The number of hydrogen-bond acceptors (Lipinski definition) is 3. The van der Waals surface area contributed by atoms with Gasteiger partial charge in [-0.05, 0) is 30.2 Å². The van der Waals surface area contributed by atoms with Crippen molar-refractivity contribution >= 4 is 11.9 Å². The minimum absolute atomic E-state index is 0.0313. The van der Waals surface area contributed by atoms with E-state index in [4.69, 9.17) is 4.74 Å². The van der Waals surface area contributed by atoms with E-state index in [2.05, 4.69) is 46.8 Å². The predicted molar refractivity (Wildman–Crippen MR) is 109 cm³/mol. The second-order valence-electron chi connectivity index (χ2n) is 6.49. The molecule has 1 amide bonds. The van der Waals surface area contributed by atoms with Gasteiger partial charge in [-0.1, -0.05) is 42.0 Å². The van der Waals surface area contributed by atoms with Gasteiger partial charge in [0.1, 0.15) is 5.75 Å². The number of hydrogen-bond donors (Lipinski definition) is 2. The number of carbonyl (C=O) groups excluding carboxylic acids is 1. The molecule has 2 rings (SSSR count). The van der Waals surface area contributed by atoms with Crippen LogP contribution in [0.2, 0.25) is 0 Å². The van der Waals surface area contributed by atoms with Crippen LogP contribution in [0.4, 0.5) is 0 Å². The van der Waals surface area contributed by atoms with Gasteiger partial charge in [-0.2, -0.15) is 0 Å². The molecular formula is C21H28N4O2. The van der Waals surface area contributed by atoms with Crippen LogP contribution in [0, 0.1) is 6.92 Å². The fourth-order valence-electron chi connectivity index (χ4n) is 2.43. The normalized spacial score (nSPS) is 11.0. The lowest BCUT2D eigenvalue weighted by Crippen LogP contribution is -2.36. The van der Waals surface area contributed by atoms with Gasteiger partial charge in [0, 0.05) is 34.2 Å². The average molecular weight is 368 g/mol. The van der Waals surface area contributed by atoms with E-state index in [1.54, 1.807) is 21.1 Å². The van der Waals surface area contributed by atoms with Crippen molar-refractivity contribution in [2.24, 2.45) is 4.99 Å². The van der Waals surface area contributed by atoms with Gasteiger partial charge in [0.2, 0.25) is 0 Å². The Morgan fingerprint density at radius 2 is 1.67 bits per heavy atom. The van der Waals surface area contributed by atoms with Crippen LogP contribution in [0.1, 0.15) is 16.7 Å². The number of likely N-dealkylation sites (N-methyl/N-ethyl adjacent to an activating group) is 1. The molecule has 0 unspecified atom stereocenters. The zero-order valence-electron chi connectivity index (χ0n) is 16.5. The van der Waals surface area contributed by atoms with Gasteiger partial charge in [-0.15, -0.1) is 0 Å². The molecule has 0 spiro atoms.